The molecule has 0 atom stereocenters. The molecule has 4 nitrogen and oxygen atoms in total. The summed E-state index contributed by atoms with van der Waals surface area (Å²) in [7, 11) is 0. The molecule has 0 saturated heterocycles. The molecule has 0 unspecified atom stereocenters. The molecule has 4 heteroatoms. The van der Waals surface area contributed by atoms with E-state index in [1.165, 1.54) is 50.7 Å². The van der Waals surface area contributed by atoms with Crippen LogP contribution in [-0.2, 0) is 18.9 Å². The van der Waals surface area contributed by atoms with Gasteiger partial charge in [0.25, 0.3) is 0 Å². The van der Waals surface area contributed by atoms with E-state index >= 15 is 0 Å². The molecular formula is C20H34O4. The maximum atomic E-state index is 5.21. The van der Waals surface area contributed by atoms with E-state index in [1.54, 1.807) is 0 Å². The van der Waals surface area contributed by atoms with Gasteiger partial charge in [0.1, 0.15) is 0 Å². The maximum Gasteiger partial charge on any atom is 0.0901 e. The Kier molecular flexibility index (Phi) is 16.2. The van der Waals surface area contributed by atoms with Crippen molar-refractivity contribution in [3.05, 3.63) is 51.4 Å². The topological polar surface area (TPSA) is 36.9 Å². The fourth-order valence-electron chi connectivity index (χ4n) is 2.51. The van der Waals surface area contributed by atoms with Crippen LogP contribution in [0.5, 0.6) is 0 Å². The van der Waals surface area contributed by atoms with E-state index in [9.17, 15) is 0 Å². The molecule has 0 heterocycles. The summed E-state index contributed by atoms with van der Waals surface area (Å²) in [6.07, 6.45) is 13.0. The summed E-state index contributed by atoms with van der Waals surface area (Å²) in [6, 6.07) is 0. The quantitative estimate of drug-likeness (QED) is 0.342. The van der Waals surface area contributed by atoms with Crippen LogP contribution in [0.25, 0.3) is 0 Å². The molecule has 1 saturated carbocycles. The van der Waals surface area contributed by atoms with Gasteiger partial charge in [-0.2, -0.15) is 0 Å². The van der Waals surface area contributed by atoms with Crippen LogP contribution in [0, 0.1) is 11.8 Å². The van der Waals surface area contributed by atoms with Crippen LogP contribution in [-0.4, -0.2) is 26.4 Å². The van der Waals surface area contributed by atoms with E-state index in [4.69, 9.17) is 18.9 Å². The first kappa shape index (κ1) is 22.2. The summed E-state index contributed by atoms with van der Waals surface area (Å²) in [4.78, 5) is 0. The van der Waals surface area contributed by atoms with Crippen molar-refractivity contribution >= 4 is 0 Å². The van der Waals surface area contributed by atoms with Gasteiger partial charge in [0.15, 0.2) is 0 Å². The van der Waals surface area contributed by atoms with Gasteiger partial charge < -0.3 is 18.9 Å². The van der Waals surface area contributed by atoms with Gasteiger partial charge in [-0.25, -0.2) is 0 Å². The highest BCUT2D eigenvalue weighted by molar-refractivity contribution is 4.73. The molecule has 0 N–H and O–H groups in total. The fourth-order valence-corrected chi connectivity index (χ4v) is 2.51. The zero-order valence-electron chi connectivity index (χ0n) is 15.0. The average Bonchev–Trinajstić information content (AvgIpc) is 2.62. The second-order valence-corrected chi connectivity index (χ2v) is 5.67. The smallest absolute Gasteiger partial charge is 0.0901 e. The van der Waals surface area contributed by atoms with Crippen molar-refractivity contribution in [3.63, 3.8) is 0 Å². The summed E-state index contributed by atoms with van der Waals surface area (Å²) in [5.74, 6) is 1.43. The van der Waals surface area contributed by atoms with Crippen LogP contribution >= 0.6 is 0 Å². The molecule has 0 aliphatic heterocycles. The SMILES string of the molecule is C=COCC1CCC(COC=C)CC1.C=COCCCCOC=C. The van der Waals surface area contributed by atoms with Crippen molar-refractivity contribution in [2.45, 2.75) is 38.5 Å². The highest BCUT2D eigenvalue weighted by Crippen LogP contribution is 2.29. The Balaban J connectivity index is 0.000000470. The Morgan fingerprint density at radius 1 is 0.583 bits per heavy atom. The molecule has 1 aliphatic carbocycles. The summed E-state index contributed by atoms with van der Waals surface area (Å²) < 4.78 is 20.2. The molecule has 0 radical (unpaired) electrons. The molecule has 0 amide bonds. The first-order valence-corrected chi connectivity index (χ1v) is 8.68. The molecule has 1 rings (SSSR count). The first-order chi connectivity index (χ1) is 11.8. The summed E-state index contributed by atoms with van der Waals surface area (Å²) in [5.41, 5.74) is 0. The van der Waals surface area contributed by atoms with Gasteiger partial charge in [-0.05, 0) is 50.4 Å². The Morgan fingerprint density at radius 3 is 1.21 bits per heavy atom. The monoisotopic (exact) mass is 338 g/mol. The Labute approximate surface area is 147 Å². The van der Waals surface area contributed by atoms with Gasteiger partial charge >= 0.3 is 0 Å². The number of unbranched alkanes of at least 4 members (excludes halogenated alkanes) is 1. The minimum atomic E-state index is 0.716. The molecule has 0 aromatic heterocycles. The predicted molar refractivity (Wildman–Crippen MR) is 99.3 cm³/mol. The lowest BCUT2D eigenvalue weighted by Gasteiger charge is -2.27. The highest BCUT2D eigenvalue weighted by atomic mass is 16.5. The number of rotatable bonds is 13. The van der Waals surface area contributed by atoms with E-state index in [-0.39, 0.29) is 0 Å². The van der Waals surface area contributed by atoms with Gasteiger partial charge in [0, 0.05) is 0 Å². The molecule has 0 aromatic carbocycles. The molecule has 138 valence electrons. The standard InChI is InChI=1S/C12H20O2.C8H14O2/c1-3-13-9-11-5-7-12(8-6-11)10-14-4-2;1-3-9-7-5-6-8-10-4-2/h3-4,11-12H,1-2,5-10H2;3-4H,1-2,5-8H2. The second kappa shape index (κ2) is 17.5. The van der Waals surface area contributed by atoms with E-state index in [1.807, 2.05) is 0 Å². The van der Waals surface area contributed by atoms with Crippen LogP contribution in [0.2, 0.25) is 0 Å². The Morgan fingerprint density at radius 2 is 0.917 bits per heavy atom. The molecular weight excluding hydrogens is 304 g/mol. The Bertz CT molecular complexity index is 288. The van der Waals surface area contributed by atoms with E-state index in [2.05, 4.69) is 26.3 Å². The van der Waals surface area contributed by atoms with Gasteiger partial charge in [-0.3, -0.25) is 0 Å². The normalized spacial score (nSPS) is 19.0. The summed E-state index contributed by atoms with van der Waals surface area (Å²) >= 11 is 0. The van der Waals surface area contributed by atoms with Crippen LogP contribution in [0.15, 0.2) is 51.4 Å². The third kappa shape index (κ3) is 13.8. The largest absolute Gasteiger partial charge is 0.502 e. The zero-order valence-corrected chi connectivity index (χ0v) is 15.0. The van der Waals surface area contributed by atoms with Crippen molar-refractivity contribution in [1.29, 1.82) is 0 Å². The summed E-state index contributed by atoms with van der Waals surface area (Å²) in [6.45, 7) is 17.1. The van der Waals surface area contributed by atoms with Crippen molar-refractivity contribution in [2.75, 3.05) is 26.4 Å². The minimum absolute atomic E-state index is 0.716. The summed E-state index contributed by atoms with van der Waals surface area (Å²) in [5, 5.41) is 0. The maximum absolute atomic E-state index is 5.21. The van der Waals surface area contributed by atoms with Gasteiger partial charge in [-0.1, -0.05) is 26.3 Å². The van der Waals surface area contributed by atoms with Crippen molar-refractivity contribution in [2.24, 2.45) is 11.8 Å². The lowest BCUT2D eigenvalue weighted by atomic mass is 9.83. The van der Waals surface area contributed by atoms with E-state index in [0.717, 1.165) is 39.3 Å². The predicted octanol–water partition coefficient (Wildman–Crippen LogP) is 5.20. The van der Waals surface area contributed by atoms with Gasteiger partial charge in [0.2, 0.25) is 0 Å². The van der Waals surface area contributed by atoms with E-state index < -0.39 is 0 Å². The third-order valence-electron chi connectivity index (χ3n) is 3.88. The molecule has 1 aliphatic rings. The number of hydrogen-bond donors (Lipinski definition) is 0. The number of hydrogen-bond acceptors (Lipinski definition) is 4. The van der Waals surface area contributed by atoms with E-state index in [0.29, 0.717) is 11.8 Å². The van der Waals surface area contributed by atoms with Crippen molar-refractivity contribution in [1.82, 2.24) is 0 Å². The third-order valence-corrected chi connectivity index (χ3v) is 3.88. The molecule has 1 fully saturated rings. The van der Waals surface area contributed by atoms with Crippen molar-refractivity contribution < 1.29 is 18.9 Å². The minimum Gasteiger partial charge on any atom is -0.502 e. The van der Waals surface area contributed by atoms with Crippen molar-refractivity contribution in [3.8, 4) is 0 Å². The van der Waals surface area contributed by atoms with Gasteiger partial charge in [0.05, 0.1) is 51.5 Å². The highest BCUT2D eigenvalue weighted by Gasteiger charge is 2.21. The second-order valence-electron chi connectivity index (χ2n) is 5.67. The fraction of sp³-hybridized carbons (Fsp3) is 0.600. The number of ether oxygens (including phenoxy) is 4. The van der Waals surface area contributed by atoms with Gasteiger partial charge in [-0.15, -0.1) is 0 Å². The first-order valence-electron chi connectivity index (χ1n) is 8.68. The van der Waals surface area contributed by atoms with Crippen LogP contribution < -0.4 is 0 Å². The Hall–Kier alpha value is -1.84. The molecule has 0 spiro atoms. The van der Waals surface area contributed by atoms with Crippen LogP contribution in [0.4, 0.5) is 0 Å². The lowest BCUT2D eigenvalue weighted by Crippen LogP contribution is -2.20. The molecule has 0 bridgehead atoms. The molecule has 0 aromatic rings. The van der Waals surface area contributed by atoms with Crippen LogP contribution in [0.1, 0.15) is 38.5 Å². The zero-order chi connectivity index (χ0) is 17.9. The van der Waals surface area contributed by atoms with Crippen LogP contribution in [0.3, 0.4) is 0 Å². The lowest BCUT2D eigenvalue weighted by molar-refractivity contribution is 0.114. The molecule has 24 heavy (non-hydrogen) atoms. The average molecular weight is 338 g/mol.